The Balaban J connectivity index is 0.000000924. The molecule has 0 aromatic heterocycles. The summed E-state index contributed by atoms with van der Waals surface area (Å²) in [6.45, 7) is 7.81. The zero-order chi connectivity index (χ0) is 16.8. The first kappa shape index (κ1) is 16.4. The third kappa shape index (κ3) is 3.46. The van der Waals surface area contributed by atoms with Crippen molar-refractivity contribution in [1.29, 1.82) is 0 Å². The molecule has 3 heteroatoms. The lowest BCUT2D eigenvalue weighted by Gasteiger charge is -2.17. The Labute approximate surface area is 136 Å². The van der Waals surface area contributed by atoms with Gasteiger partial charge < -0.3 is 5.32 Å². The van der Waals surface area contributed by atoms with Gasteiger partial charge in [0.1, 0.15) is 0 Å². The molecule has 0 saturated heterocycles. The van der Waals surface area contributed by atoms with Gasteiger partial charge in [-0.05, 0) is 29.3 Å². The Morgan fingerprint density at radius 3 is 2.26 bits per heavy atom. The number of carbonyl (C=O) groups is 2. The number of Topliss-reactive ketones (excluding diaryl/α,β-unsaturated/α-hetero) is 1. The lowest BCUT2D eigenvalue weighted by molar-refractivity contribution is -0.117. The molecule has 0 fully saturated rings. The van der Waals surface area contributed by atoms with Gasteiger partial charge in [0, 0.05) is 11.3 Å². The molecule has 2 aromatic carbocycles. The second-order valence-electron chi connectivity index (χ2n) is 4.77. The lowest BCUT2D eigenvalue weighted by atomic mass is 9.87. The number of para-hydroxylation sites is 1. The molecule has 1 aliphatic rings. The molecule has 23 heavy (non-hydrogen) atoms. The maximum absolute atomic E-state index is 12.3. The summed E-state index contributed by atoms with van der Waals surface area (Å²) in [5, 5.41) is 2.72. The maximum atomic E-state index is 12.3. The van der Waals surface area contributed by atoms with E-state index >= 15 is 0 Å². The van der Waals surface area contributed by atoms with Crippen LogP contribution < -0.4 is 5.32 Å². The molecule has 0 aliphatic heterocycles. The zero-order valence-electron chi connectivity index (χ0n) is 13.3. The summed E-state index contributed by atoms with van der Waals surface area (Å²) < 4.78 is 0. The van der Waals surface area contributed by atoms with Gasteiger partial charge in [0.05, 0.1) is 5.57 Å². The summed E-state index contributed by atoms with van der Waals surface area (Å²) in [5.74, 6) is -0.746. The molecule has 0 spiro atoms. The lowest BCUT2D eigenvalue weighted by Crippen LogP contribution is -2.23. The van der Waals surface area contributed by atoms with Gasteiger partial charge in [-0.15, -0.1) is 0 Å². The zero-order valence-corrected chi connectivity index (χ0v) is 13.3. The van der Waals surface area contributed by atoms with Crippen molar-refractivity contribution in [2.24, 2.45) is 0 Å². The normalized spacial score (nSPS) is 12.5. The minimum absolute atomic E-state index is 0.113. The molecule has 2 aromatic rings. The average Bonchev–Trinajstić information content (AvgIpc) is 2.60. The number of carbonyl (C=O) groups excluding carboxylic acids is 2. The predicted octanol–water partition coefficient (Wildman–Crippen LogP) is 4.33. The Bertz CT molecular complexity index is 773. The number of ketones is 1. The summed E-state index contributed by atoms with van der Waals surface area (Å²) in [6.07, 6.45) is 1.62. The fourth-order valence-corrected chi connectivity index (χ4v) is 2.29. The standard InChI is InChI=1S/C18H13NO2.C2H6/c1-12-15-10-6-5-7-13(15)11-16(17(12)20)18(21)19-14-8-3-2-4-9-14;1-2/h2-11H,1H2,(H,19,21);1-2H3. The summed E-state index contributed by atoms with van der Waals surface area (Å²) >= 11 is 0. The van der Waals surface area contributed by atoms with Gasteiger partial charge in [-0.2, -0.15) is 0 Å². The highest BCUT2D eigenvalue weighted by Gasteiger charge is 2.26. The molecular formula is C20H19NO2. The number of anilines is 1. The van der Waals surface area contributed by atoms with Crippen molar-refractivity contribution < 1.29 is 9.59 Å². The van der Waals surface area contributed by atoms with E-state index in [9.17, 15) is 9.59 Å². The van der Waals surface area contributed by atoms with E-state index in [4.69, 9.17) is 0 Å². The van der Waals surface area contributed by atoms with Crippen molar-refractivity contribution in [3.05, 3.63) is 77.9 Å². The number of benzene rings is 2. The number of rotatable bonds is 2. The Hall–Kier alpha value is -2.94. The van der Waals surface area contributed by atoms with Crippen LogP contribution in [-0.2, 0) is 9.59 Å². The minimum atomic E-state index is -0.415. The van der Waals surface area contributed by atoms with E-state index in [1.165, 1.54) is 0 Å². The van der Waals surface area contributed by atoms with Crippen molar-refractivity contribution in [3.63, 3.8) is 0 Å². The summed E-state index contributed by atoms with van der Waals surface area (Å²) in [4.78, 5) is 24.6. The monoisotopic (exact) mass is 305 g/mol. The van der Waals surface area contributed by atoms with Crippen molar-refractivity contribution >= 4 is 29.0 Å². The number of fused-ring (bicyclic) bond motifs is 1. The van der Waals surface area contributed by atoms with Crippen molar-refractivity contribution in [2.75, 3.05) is 5.32 Å². The molecule has 116 valence electrons. The van der Waals surface area contributed by atoms with Gasteiger partial charge in [-0.3, -0.25) is 9.59 Å². The van der Waals surface area contributed by atoms with Crippen LogP contribution in [-0.4, -0.2) is 11.7 Å². The molecule has 0 heterocycles. The Kier molecular flexibility index (Phi) is 5.26. The van der Waals surface area contributed by atoms with Crippen LogP contribution in [0.5, 0.6) is 0 Å². The number of hydrogen-bond acceptors (Lipinski definition) is 2. The second kappa shape index (κ2) is 7.36. The molecule has 1 N–H and O–H groups in total. The summed E-state index contributed by atoms with van der Waals surface area (Å²) in [5.41, 5.74) is 2.73. The molecule has 1 aliphatic carbocycles. The van der Waals surface area contributed by atoms with Crippen LogP contribution in [0.2, 0.25) is 0 Å². The quantitative estimate of drug-likeness (QED) is 0.663. The molecule has 0 bridgehead atoms. The van der Waals surface area contributed by atoms with Crippen LogP contribution in [0.4, 0.5) is 5.69 Å². The van der Waals surface area contributed by atoms with E-state index in [2.05, 4.69) is 11.9 Å². The maximum Gasteiger partial charge on any atom is 0.259 e. The van der Waals surface area contributed by atoms with Crippen molar-refractivity contribution in [1.82, 2.24) is 0 Å². The molecule has 0 radical (unpaired) electrons. The molecule has 0 saturated carbocycles. The molecular weight excluding hydrogens is 286 g/mol. The predicted molar refractivity (Wildman–Crippen MR) is 94.9 cm³/mol. The van der Waals surface area contributed by atoms with E-state index < -0.39 is 5.91 Å². The van der Waals surface area contributed by atoms with Crippen LogP contribution in [0, 0.1) is 0 Å². The first-order chi connectivity index (χ1) is 11.2. The highest BCUT2D eigenvalue weighted by atomic mass is 16.2. The molecule has 0 unspecified atom stereocenters. The molecule has 3 nitrogen and oxygen atoms in total. The topological polar surface area (TPSA) is 46.2 Å². The van der Waals surface area contributed by atoms with E-state index in [-0.39, 0.29) is 11.4 Å². The highest BCUT2D eigenvalue weighted by Crippen LogP contribution is 2.29. The molecule has 3 rings (SSSR count). The number of allylic oxidation sites excluding steroid dienone is 1. The fourth-order valence-electron chi connectivity index (χ4n) is 2.29. The third-order valence-corrected chi connectivity index (χ3v) is 3.38. The van der Waals surface area contributed by atoms with Gasteiger partial charge >= 0.3 is 0 Å². The Morgan fingerprint density at radius 2 is 1.57 bits per heavy atom. The molecule has 1 amide bonds. The van der Waals surface area contributed by atoms with Crippen LogP contribution in [0.1, 0.15) is 25.0 Å². The summed E-state index contributed by atoms with van der Waals surface area (Å²) in [6, 6.07) is 16.5. The number of amides is 1. The minimum Gasteiger partial charge on any atom is -0.322 e. The first-order valence-electron chi connectivity index (χ1n) is 7.58. The fraction of sp³-hybridized carbons (Fsp3) is 0.100. The Morgan fingerprint density at radius 1 is 0.957 bits per heavy atom. The van der Waals surface area contributed by atoms with Crippen molar-refractivity contribution in [2.45, 2.75) is 13.8 Å². The van der Waals surface area contributed by atoms with E-state index in [0.29, 0.717) is 11.3 Å². The van der Waals surface area contributed by atoms with Crippen LogP contribution in [0.15, 0.2) is 66.7 Å². The van der Waals surface area contributed by atoms with E-state index in [1.807, 2.05) is 56.3 Å². The van der Waals surface area contributed by atoms with Gasteiger partial charge in [-0.1, -0.05) is 62.9 Å². The number of nitrogens with one attached hydrogen (secondary N) is 1. The van der Waals surface area contributed by atoms with Gasteiger partial charge in [-0.25, -0.2) is 0 Å². The van der Waals surface area contributed by atoms with E-state index in [1.54, 1.807) is 18.2 Å². The van der Waals surface area contributed by atoms with E-state index in [0.717, 1.165) is 11.1 Å². The molecule has 0 atom stereocenters. The average molecular weight is 305 g/mol. The van der Waals surface area contributed by atoms with Gasteiger partial charge in [0.15, 0.2) is 5.78 Å². The van der Waals surface area contributed by atoms with Crippen LogP contribution in [0.25, 0.3) is 11.6 Å². The van der Waals surface area contributed by atoms with Crippen LogP contribution in [0.3, 0.4) is 0 Å². The SMILES string of the molecule is C=C1C(=O)C(C(=O)Nc2ccccc2)=Cc2ccccc21.CC. The summed E-state index contributed by atoms with van der Waals surface area (Å²) in [7, 11) is 0. The van der Waals surface area contributed by atoms with Gasteiger partial charge in [0.25, 0.3) is 5.91 Å². The third-order valence-electron chi connectivity index (χ3n) is 3.38. The highest BCUT2D eigenvalue weighted by molar-refractivity contribution is 6.42. The smallest absolute Gasteiger partial charge is 0.259 e. The van der Waals surface area contributed by atoms with Crippen molar-refractivity contribution in [3.8, 4) is 0 Å². The number of hydrogen-bond donors (Lipinski definition) is 1. The second-order valence-corrected chi connectivity index (χ2v) is 4.77. The van der Waals surface area contributed by atoms with Crippen LogP contribution >= 0.6 is 0 Å². The largest absolute Gasteiger partial charge is 0.322 e. The van der Waals surface area contributed by atoms with Gasteiger partial charge in [0.2, 0.25) is 0 Å². The first-order valence-corrected chi connectivity index (χ1v) is 7.58.